The number of aryl methyl sites for hydroxylation is 1. The minimum Gasteiger partial charge on any atom is -0.508 e. The number of fused-ring (bicyclic) bond motifs is 2. The topological polar surface area (TPSA) is 121 Å². The molecule has 4 unspecified atom stereocenters. The minimum atomic E-state index is -1.76. The van der Waals surface area contributed by atoms with Gasteiger partial charge in [0.15, 0.2) is 6.17 Å². The molecule has 0 amide bonds. The number of aliphatic hydroxyl groups excluding tert-OH is 2. The zero-order valence-electron chi connectivity index (χ0n) is 17.2. The summed E-state index contributed by atoms with van der Waals surface area (Å²) in [7, 11) is 0. The average Bonchev–Trinajstić information content (AvgIpc) is 3.49. The van der Waals surface area contributed by atoms with E-state index in [-0.39, 0.29) is 29.8 Å². The van der Waals surface area contributed by atoms with Crippen molar-refractivity contribution in [3.63, 3.8) is 0 Å². The first-order valence-electron chi connectivity index (χ1n) is 10.7. The number of aliphatic hydroxyl groups is 2. The molecule has 0 aromatic carbocycles. The van der Waals surface area contributed by atoms with Crippen LogP contribution in [0.4, 0.5) is 4.39 Å². The van der Waals surface area contributed by atoms with Crippen molar-refractivity contribution < 1.29 is 14.6 Å². The summed E-state index contributed by atoms with van der Waals surface area (Å²) in [6, 6.07) is 1.66. The molecule has 2 aromatic rings. The summed E-state index contributed by atoms with van der Waals surface area (Å²) in [5.74, 6) is -1.18. The molecule has 0 bridgehead atoms. The number of aromatic amines is 1. The normalized spacial score (nSPS) is 26.5. The van der Waals surface area contributed by atoms with E-state index in [1.165, 1.54) is 20.8 Å². The average molecular weight is 448 g/mol. The Morgan fingerprint density at radius 3 is 2.77 bits per heavy atom. The van der Waals surface area contributed by atoms with Crippen LogP contribution in [0, 0.1) is 5.92 Å². The third kappa shape index (κ3) is 3.21. The third-order valence-corrected chi connectivity index (χ3v) is 8.29. The number of hydrogen-bond acceptors (Lipinski definition) is 6. The second-order valence-corrected chi connectivity index (χ2v) is 10.1. The standard InChI is InChI=1S/C22H26FN3O4S/c1-9-16(15-7-11-6-10(13(24)8-27)2-5-14(11)31-15)18(23)20(28)17-19(9)26(12-3-4-12)22(30)25-21(17)29/h7,10,12-13,16,18,27-28H,2-6,8,24H2,1H3,(H,25,29,30). The van der Waals surface area contributed by atoms with Crippen LogP contribution in [0.2, 0.25) is 0 Å². The van der Waals surface area contributed by atoms with Crippen molar-refractivity contribution in [3.05, 3.63) is 52.8 Å². The number of nitrogens with two attached hydrogens (primary N) is 1. The van der Waals surface area contributed by atoms with Crippen molar-refractivity contribution in [3.8, 4) is 0 Å². The minimum absolute atomic E-state index is 0.0325. The fourth-order valence-corrected chi connectivity index (χ4v) is 6.52. The fourth-order valence-electron chi connectivity index (χ4n) is 5.12. The summed E-state index contributed by atoms with van der Waals surface area (Å²) in [5, 5.41) is 20.3. The van der Waals surface area contributed by atoms with Crippen molar-refractivity contribution in [1.82, 2.24) is 9.55 Å². The molecule has 9 heteroatoms. The van der Waals surface area contributed by atoms with Gasteiger partial charge in [0, 0.05) is 21.8 Å². The molecule has 0 saturated heterocycles. The largest absolute Gasteiger partial charge is 0.508 e. The van der Waals surface area contributed by atoms with Gasteiger partial charge in [0.05, 0.1) is 17.9 Å². The summed E-state index contributed by atoms with van der Waals surface area (Å²) < 4.78 is 17.0. The first-order valence-corrected chi connectivity index (χ1v) is 11.5. The maximum Gasteiger partial charge on any atom is 0.329 e. The van der Waals surface area contributed by atoms with E-state index in [0.29, 0.717) is 10.9 Å². The zero-order valence-corrected chi connectivity index (χ0v) is 18.0. The molecule has 5 N–H and O–H groups in total. The highest BCUT2D eigenvalue weighted by Crippen LogP contribution is 2.42. The lowest BCUT2D eigenvalue weighted by Crippen LogP contribution is -2.58. The Bertz CT molecular complexity index is 1290. The summed E-state index contributed by atoms with van der Waals surface area (Å²) in [5.41, 5.74) is 6.48. The van der Waals surface area contributed by atoms with E-state index in [1.54, 1.807) is 6.92 Å². The molecule has 31 heavy (non-hydrogen) atoms. The first kappa shape index (κ1) is 20.7. The van der Waals surface area contributed by atoms with Crippen molar-refractivity contribution >= 4 is 22.7 Å². The Morgan fingerprint density at radius 2 is 2.10 bits per heavy atom. The highest BCUT2D eigenvalue weighted by atomic mass is 32.1. The van der Waals surface area contributed by atoms with E-state index in [0.717, 1.165) is 42.5 Å². The second-order valence-electron chi connectivity index (χ2n) is 8.98. The number of H-pyrrole nitrogens is 1. The molecular formula is C22H26FN3O4S. The lowest BCUT2D eigenvalue weighted by Gasteiger charge is -2.26. The van der Waals surface area contributed by atoms with Crippen LogP contribution in [-0.2, 0) is 12.8 Å². The molecule has 1 saturated carbocycles. The zero-order chi connectivity index (χ0) is 22.0. The van der Waals surface area contributed by atoms with Crippen molar-refractivity contribution in [1.29, 1.82) is 0 Å². The van der Waals surface area contributed by atoms with Crippen LogP contribution in [0.1, 0.15) is 53.5 Å². The van der Waals surface area contributed by atoms with E-state index in [9.17, 15) is 19.8 Å². The number of alkyl halides is 1. The van der Waals surface area contributed by atoms with E-state index in [1.807, 2.05) is 6.07 Å². The van der Waals surface area contributed by atoms with Gasteiger partial charge in [-0.2, -0.15) is 0 Å². The number of thiophene rings is 1. The van der Waals surface area contributed by atoms with E-state index in [4.69, 9.17) is 5.73 Å². The van der Waals surface area contributed by atoms with Gasteiger partial charge in [-0.05, 0) is 62.1 Å². The van der Waals surface area contributed by atoms with Crippen LogP contribution < -0.4 is 27.6 Å². The number of nitrogens with zero attached hydrogens (tertiary/aromatic N) is 1. The van der Waals surface area contributed by atoms with Gasteiger partial charge in [0.25, 0.3) is 5.56 Å². The number of hydrogen-bond donors (Lipinski definition) is 4. The molecule has 0 aliphatic heterocycles. The van der Waals surface area contributed by atoms with Crippen molar-refractivity contribution in [2.75, 3.05) is 6.61 Å². The monoisotopic (exact) mass is 447 g/mol. The molecular weight excluding hydrogens is 421 g/mol. The summed E-state index contributed by atoms with van der Waals surface area (Å²) >= 11 is 1.52. The maximum absolute atomic E-state index is 15.5. The molecule has 3 aliphatic rings. The van der Waals surface area contributed by atoms with Crippen LogP contribution in [-0.4, -0.2) is 38.6 Å². The predicted octanol–water partition coefficient (Wildman–Crippen LogP) is 0.330. The Morgan fingerprint density at radius 1 is 1.35 bits per heavy atom. The number of halogens is 1. The van der Waals surface area contributed by atoms with Gasteiger partial charge >= 0.3 is 5.69 Å². The van der Waals surface area contributed by atoms with Crippen LogP contribution in [0.15, 0.2) is 15.7 Å². The highest BCUT2D eigenvalue weighted by Gasteiger charge is 2.38. The molecule has 0 spiro atoms. The lowest BCUT2D eigenvalue weighted by molar-refractivity contribution is 0.216. The van der Waals surface area contributed by atoms with E-state index < -0.39 is 29.1 Å². The molecule has 7 nitrogen and oxygen atoms in total. The molecule has 5 rings (SSSR count). The number of nitrogens with one attached hydrogen (secondary N) is 1. The van der Waals surface area contributed by atoms with Crippen molar-refractivity contribution in [2.24, 2.45) is 11.7 Å². The SMILES string of the molecule is CC1=c2c(c(=O)[nH]c(=O)n2C2CC2)=C(O)C(F)C1c1cc2c(s1)CCC(C(N)CO)C2. The van der Waals surface area contributed by atoms with Gasteiger partial charge in [-0.25, -0.2) is 9.18 Å². The fraction of sp³-hybridized carbons (Fsp3) is 0.545. The van der Waals surface area contributed by atoms with Gasteiger partial charge in [-0.15, -0.1) is 11.3 Å². The Labute approximate surface area is 181 Å². The molecule has 4 atom stereocenters. The number of aromatic nitrogens is 2. The van der Waals surface area contributed by atoms with Crippen LogP contribution >= 0.6 is 11.3 Å². The summed E-state index contributed by atoms with van der Waals surface area (Å²) in [6.07, 6.45) is 2.30. The smallest absolute Gasteiger partial charge is 0.329 e. The summed E-state index contributed by atoms with van der Waals surface area (Å²) in [6.45, 7) is 1.69. The third-order valence-electron chi connectivity index (χ3n) is 6.97. The summed E-state index contributed by atoms with van der Waals surface area (Å²) in [4.78, 5) is 29.2. The van der Waals surface area contributed by atoms with Gasteiger partial charge < -0.3 is 15.9 Å². The predicted molar refractivity (Wildman–Crippen MR) is 116 cm³/mol. The van der Waals surface area contributed by atoms with Crippen LogP contribution in [0.5, 0.6) is 0 Å². The quantitative estimate of drug-likeness (QED) is 0.538. The highest BCUT2D eigenvalue weighted by molar-refractivity contribution is 7.12. The van der Waals surface area contributed by atoms with Crippen molar-refractivity contribution in [2.45, 2.75) is 63.2 Å². The second kappa shape index (κ2) is 7.43. The molecule has 166 valence electrons. The molecule has 2 heterocycles. The Hall–Kier alpha value is -2.23. The molecule has 1 fully saturated rings. The van der Waals surface area contributed by atoms with Crippen LogP contribution in [0.3, 0.4) is 0 Å². The van der Waals surface area contributed by atoms with Gasteiger partial charge in [0.2, 0.25) is 0 Å². The van der Waals surface area contributed by atoms with Gasteiger partial charge in [-0.1, -0.05) is 0 Å². The molecule has 2 aromatic heterocycles. The Kier molecular flexibility index (Phi) is 4.95. The van der Waals surface area contributed by atoms with Crippen LogP contribution in [0.25, 0.3) is 11.3 Å². The maximum atomic E-state index is 15.5. The van der Waals surface area contributed by atoms with E-state index >= 15 is 4.39 Å². The van der Waals surface area contributed by atoms with E-state index in [2.05, 4.69) is 4.98 Å². The first-order chi connectivity index (χ1) is 14.8. The van der Waals surface area contributed by atoms with Gasteiger partial charge in [0.1, 0.15) is 11.0 Å². The van der Waals surface area contributed by atoms with Gasteiger partial charge in [-0.3, -0.25) is 14.3 Å². The number of rotatable bonds is 4. The molecule has 0 radical (unpaired) electrons. The molecule has 3 aliphatic carbocycles. The lowest BCUT2D eigenvalue weighted by atomic mass is 9.82. The Balaban J connectivity index is 1.67.